The van der Waals surface area contributed by atoms with E-state index in [0.29, 0.717) is 40.3 Å². The van der Waals surface area contributed by atoms with Crippen molar-refractivity contribution in [2.24, 2.45) is 0 Å². The molecule has 2 heterocycles. The van der Waals surface area contributed by atoms with Crippen molar-refractivity contribution in [2.45, 2.75) is 25.3 Å². The summed E-state index contributed by atoms with van der Waals surface area (Å²) in [4.78, 5) is 17.8. The predicted molar refractivity (Wildman–Crippen MR) is 118 cm³/mol. The summed E-state index contributed by atoms with van der Waals surface area (Å²) in [6.07, 6.45) is 2.10. The molecular formula is C23H21ClN4O3. The van der Waals surface area contributed by atoms with E-state index in [0.717, 1.165) is 29.7 Å². The van der Waals surface area contributed by atoms with Crippen molar-refractivity contribution >= 4 is 23.3 Å². The van der Waals surface area contributed by atoms with E-state index in [2.05, 4.69) is 5.32 Å². The molecule has 2 aliphatic rings. The van der Waals surface area contributed by atoms with Crippen molar-refractivity contribution in [3.63, 3.8) is 0 Å². The van der Waals surface area contributed by atoms with Crippen molar-refractivity contribution in [3.05, 3.63) is 64.3 Å². The summed E-state index contributed by atoms with van der Waals surface area (Å²) >= 11 is 6.18. The SMILES string of the molecule is COc1ccc(OC)c(C2C3=C(CCCC3=O)Nc3nc(-c4cccc(Cl)c4)nn32)c1. The Morgan fingerprint density at radius 1 is 1.13 bits per heavy atom. The molecule has 5 rings (SSSR count). The Labute approximate surface area is 184 Å². The first kappa shape index (κ1) is 19.6. The highest BCUT2D eigenvalue weighted by atomic mass is 35.5. The van der Waals surface area contributed by atoms with Crippen LogP contribution in [0.15, 0.2) is 53.7 Å². The van der Waals surface area contributed by atoms with Gasteiger partial charge >= 0.3 is 0 Å². The summed E-state index contributed by atoms with van der Waals surface area (Å²) in [6.45, 7) is 0. The van der Waals surface area contributed by atoms with Crippen LogP contribution in [-0.2, 0) is 4.79 Å². The number of aromatic nitrogens is 3. The fraction of sp³-hybridized carbons (Fsp3) is 0.261. The number of allylic oxidation sites excluding steroid dienone is 2. The first-order chi connectivity index (χ1) is 15.1. The number of carbonyl (C=O) groups is 1. The number of hydrogen-bond acceptors (Lipinski definition) is 6. The molecule has 2 aromatic carbocycles. The number of ether oxygens (including phenoxy) is 2. The zero-order valence-corrected chi connectivity index (χ0v) is 17.9. The standard InChI is InChI=1S/C23H21ClN4O3/c1-30-15-9-10-19(31-2)16(12-15)21-20-17(7-4-8-18(20)29)25-23-26-22(27-28(21)23)13-5-3-6-14(24)11-13/h3,5-6,9-12,21H,4,7-8H2,1-2H3,(H,25,26,27). The quantitative estimate of drug-likeness (QED) is 0.642. The van der Waals surface area contributed by atoms with Crippen LogP contribution in [-0.4, -0.2) is 34.8 Å². The summed E-state index contributed by atoms with van der Waals surface area (Å²) in [7, 11) is 3.23. The van der Waals surface area contributed by atoms with Crippen molar-refractivity contribution in [1.29, 1.82) is 0 Å². The lowest BCUT2D eigenvalue weighted by Crippen LogP contribution is -2.31. The minimum atomic E-state index is -0.468. The summed E-state index contributed by atoms with van der Waals surface area (Å²) in [5.74, 6) is 2.55. The van der Waals surface area contributed by atoms with Gasteiger partial charge in [0, 0.05) is 33.8 Å². The Balaban J connectivity index is 1.72. The van der Waals surface area contributed by atoms with Gasteiger partial charge in [-0.3, -0.25) is 4.79 Å². The molecule has 0 radical (unpaired) electrons. The number of Topliss-reactive ketones (excluding diaryl/α,β-unsaturated/α-hetero) is 1. The minimum Gasteiger partial charge on any atom is -0.497 e. The fourth-order valence-corrected chi connectivity index (χ4v) is 4.44. The maximum atomic E-state index is 13.0. The van der Waals surface area contributed by atoms with Crippen molar-refractivity contribution in [3.8, 4) is 22.9 Å². The van der Waals surface area contributed by atoms with Gasteiger partial charge in [0.05, 0.1) is 14.2 Å². The monoisotopic (exact) mass is 436 g/mol. The highest BCUT2D eigenvalue weighted by molar-refractivity contribution is 6.30. The van der Waals surface area contributed by atoms with Gasteiger partial charge in [0.25, 0.3) is 0 Å². The zero-order valence-electron chi connectivity index (χ0n) is 17.2. The molecular weight excluding hydrogens is 416 g/mol. The van der Waals surface area contributed by atoms with Gasteiger partial charge < -0.3 is 14.8 Å². The number of nitrogens with zero attached hydrogens (tertiary/aromatic N) is 3. The van der Waals surface area contributed by atoms with Crippen LogP contribution in [0.5, 0.6) is 11.5 Å². The molecule has 158 valence electrons. The van der Waals surface area contributed by atoms with Gasteiger partial charge in [-0.15, -0.1) is 5.10 Å². The molecule has 3 aromatic rings. The molecule has 0 bridgehead atoms. The topological polar surface area (TPSA) is 78.3 Å². The van der Waals surface area contributed by atoms with Crippen molar-refractivity contribution in [2.75, 3.05) is 19.5 Å². The number of hydrogen-bond donors (Lipinski definition) is 1. The maximum Gasteiger partial charge on any atom is 0.226 e. The van der Waals surface area contributed by atoms with Gasteiger partial charge in [0.15, 0.2) is 11.6 Å². The van der Waals surface area contributed by atoms with Gasteiger partial charge in [-0.25, -0.2) is 4.68 Å². The average Bonchev–Trinajstić information content (AvgIpc) is 3.21. The van der Waals surface area contributed by atoms with Crippen LogP contribution < -0.4 is 14.8 Å². The summed E-state index contributed by atoms with van der Waals surface area (Å²) in [5, 5.41) is 8.73. The summed E-state index contributed by atoms with van der Waals surface area (Å²) in [5.41, 5.74) is 3.20. The zero-order chi connectivity index (χ0) is 21.5. The molecule has 1 aromatic heterocycles. The number of fused-ring (bicyclic) bond motifs is 1. The van der Waals surface area contributed by atoms with E-state index in [-0.39, 0.29) is 5.78 Å². The summed E-state index contributed by atoms with van der Waals surface area (Å²) in [6, 6.07) is 12.5. The number of nitrogens with one attached hydrogen (secondary N) is 1. The largest absolute Gasteiger partial charge is 0.497 e. The van der Waals surface area contributed by atoms with E-state index in [4.69, 9.17) is 31.2 Å². The fourth-order valence-electron chi connectivity index (χ4n) is 4.25. The van der Waals surface area contributed by atoms with Gasteiger partial charge in [-0.05, 0) is 43.2 Å². The second-order valence-electron chi connectivity index (χ2n) is 7.52. The molecule has 0 saturated heterocycles. The van der Waals surface area contributed by atoms with Crippen LogP contribution in [0.2, 0.25) is 5.02 Å². The average molecular weight is 437 g/mol. The Morgan fingerprint density at radius 2 is 2.00 bits per heavy atom. The van der Waals surface area contributed by atoms with E-state index in [1.54, 1.807) is 18.9 Å². The number of ketones is 1. The molecule has 0 saturated carbocycles. The number of carbonyl (C=O) groups excluding carboxylic acids is 1. The lowest BCUT2D eigenvalue weighted by atomic mass is 9.85. The van der Waals surface area contributed by atoms with E-state index in [1.165, 1.54) is 0 Å². The Hall–Kier alpha value is -3.32. The van der Waals surface area contributed by atoms with Gasteiger partial charge in [0.2, 0.25) is 5.95 Å². The molecule has 0 amide bonds. The van der Waals surface area contributed by atoms with Crippen molar-refractivity contribution in [1.82, 2.24) is 14.8 Å². The number of rotatable bonds is 4. The Kier molecular flexibility index (Phi) is 4.90. The van der Waals surface area contributed by atoms with E-state index < -0.39 is 6.04 Å². The molecule has 8 heteroatoms. The number of anilines is 1. The van der Waals surface area contributed by atoms with Crippen LogP contribution in [0.25, 0.3) is 11.4 Å². The molecule has 1 N–H and O–H groups in total. The third-order valence-electron chi connectivity index (χ3n) is 5.68. The molecule has 31 heavy (non-hydrogen) atoms. The first-order valence-electron chi connectivity index (χ1n) is 10.1. The highest BCUT2D eigenvalue weighted by Crippen LogP contribution is 2.44. The van der Waals surface area contributed by atoms with Gasteiger partial charge in [-0.2, -0.15) is 4.98 Å². The van der Waals surface area contributed by atoms with Crippen molar-refractivity contribution < 1.29 is 14.3 Å². The second-order valence-corrected chi connectivity index (χ2v) is 7.95. The molecule has 1 atom stereocenters. The van der Waals surface area contributed by atoms with E-state index >= 15 is 0 Å². The predicted octanol–water partition coefficient (Wildman–Crippen LogP) is 4.64. The number of benzene rings is 2. The second kappa shape index (κ2) is 7.74. The lowest BCUT2D eigenvalue weighted by molar-refractivity contribution is -0.116. The third kappa shape index (κ3) is 3.35. The molecule has 1 aliphatic heterocycles. The maximum absolute atomic E-state index is 13.0. The van der Waals surface area contributed by atoms with Gasteiger partial charge in [0.1, 0.15) is 17.5 Å². The molecule has 1 aliphatic carbocycles. The van der Waals surface area contributed by atoms with Crippen LogP contribution in [0.4, 0.5) is 5.95 Å². The summed E-state index contributed by atoms with van der Waals surface area (Å²) < 4.78 is 12.9. The van der Waals surface area contributed by atoms with Crippen LogP contribution >= 0.6 is 11.6 Å². The lowest BCUT2D eigenvalue weighted by Gasteiger charge is -2.32. The van der Waals surface area contributed by atoms with E-state index in [1.807, 2.05) is 42.5 Å². The molecule has 0 spiro atoms. The van der Waals surface area contributed by atoms with Crippen LogP contribution in [0.1, 0.15) is 30.9 Å². The first-order valence-corrected chi connectivity index (χ1v) is 10.4. The molecule has 1 unspecified atom stereocenters. The Bertz CT molecular complexity index is 1220. The van der Waals surface area contributed by atoms with E-state index in [9.17, 15) is 4.79 Å². The third-order valence-corrected chi connectivity index (χ3v) is 5.92. The number of methoxy groups -OCH3 is 2. The molecule has 7 nitrogen and oxygen atoms in total. The molecule has 0 fully saturated rings. The van der Waals surface area contributed by atoms with Crippen LogP contribution in [0.3, 0.4) is 0 Å². The van der Waals surface area contributed by atoms with Crippen LogP contribution in [0, 0.1) is 0 Å². The highest BCUT2D eigenvalue weighted by Gasteiger charge is 2.38. The smallest absolute Gasteiger partial charge is 0.226 e. The minimum absolute atomic E-state index is 0.106. The van der Waals surface area contributed by atoms with Gasteiger partial charge in [-0.1, -0.05) is 23.7 Å². The Morgan fingerprint density at radius 3 is 2.77 bits per heavy atom. The normalized spacial score (nSPS) is 17.6. The number of halogens is 1.